The highest BCUT2D eigenvalue weighted by atomic mass is 79.9. The molecule has 3 aliphatic carbocycles. The summed E-state index contributed by atoms with van der Waals surface area (Å²) in [5.41, 5.74) is 10.4. The van der Waals surface area contributed by atoms with Crippen molar-refractivity contribution in [3.05, 3.63) is 121 Å². The Hall–Kier alpha value is -1.66. The van der Waals surface area contributed by atoms with Gasteiger partial charge in [-0.3, -0.25) is 19.6 Å². The summed E-state index contributed by atoms with van der Waals surface area (Å²) in [6.45, 7) is 3.67. The van der Waals surface area contributed by atoms with Gasteiger partial charge in [-0.25, -0.2) is 0 Å². The van der Waals surface area contributed by atoms with Crippen LogP contribution in [0.25, 0.3) is 0 Å². The summed E-state index contributed by atoms with van der Waals surface area (Å²) in [6.07, 6.45) is 15.9. The Bertz CT molecular complexity index is 2190. The molecule has 2 aliphatic heterocycles. The molecule has 3 atom stereocenters. The Morgan fingerprint density at radius 1 is 0.655 bits per heavy atom. The highest BCUT2D eigenvalue weighted by molar-refractivity contribution is 9.11. The minimum Gasteiger partial charge on any atom is -0.343 e. The van der Waals surface area contributed by atoms with E-state index in [1.54, 1.807) is 0 Å². The third-order valence-electron chi connectivity index (χ3n) is 13.2. The number of aryl methyl sites for hydroxylation is 4. The van der Waals surface area contributed by atoms with E-state index in [2.05, 4.69) is 93.3 Å². The number of hydrogen-bond acceptors (Lipinski definition) is 5. The average molecular weight is 1080 g/mol. The predicted molar refractivity (Wildman–Crippen MR) is 247 cm³/mol. The van der Waals surface area contributed by atoms with Gasteiger partial charge in [0.2, 0.25) is 5.91 Å². The lowest BCUT2D eigenvalue weighted by Crippen LogP contribution is -2.41. The fraction of sp³-hybridized carbons (Fsp3) is 0.478. The summed E-state index contributed by atoms with van der Waals surface area (Å²) in [5, 5.41) is 5.05. The lowest BCUT2D eigenvalue weighted by atomic mass is 9.76. The Morgan fingerprint density at radius 2 is 1.16 bits per heavy atom. The molecule has 2 aromatic heterocycles. The van der Waals surface area contributed by atoms with Gasteiger partial charge in [0.25, 0.3) is 0 Å². The number of Topliss-reactive ketones (excluding diaryl/α,β-unsaturated/α-hetero) is 1. The number of halogens is 6. The molecule has 6 nitrogen and oxygen atoms in total. The summed E-state index contributed by atoms with van der Waals surface area (Å²) >= 11 is 27.6. The molecule has 0 bridgehead atoms. The third kappa shape index (κ3) is 9.53. The molecule has 4 heterocycles. The van der Waals surface area contributed by atoms with Crippen molar-refractivity contribution in [2.24, 2.45) is 17.8 Å². The predicted octanol–water partition coefficient (Wildman–Crippen LogP) is 12.4. The maximum Gasteiger partial charge on any atom is 0.223 e. The van der Waals surface area contributed by atoms with Gasteiger partial charge in [0.05, 0.1) is 11.4 Å². The van der Waals surface area contributed by atoms with E-state index < -0.39 is 0 Å². The normalized spacial score (nSPS) is 22.3. The van der Waals surface area contributed by atoms with Crippen molar-refractivity contribution >= 4 is 98.6 Å². The SMILES string of the molecule is Clc1cc(Br)c2c(c1)CCc1cc(Br)cnc1[C@@H]2C1CCNCC1.O=C1CCCCC1CC(=O)N1CCC([C@H]2c3ncc(Br)cc3CCc3cc(Cl)cc(Br)c32)CC1. The average Bonchev–Trinajstić information content (AvgIpc) is 3.47. The fourth-order valence-corrected chi connectivity index (χ4v) is 13.3. The van der Waals surface area contributed by atoms with Crippen LogP contribution in [0.2, 0.25) is 10.0 Å². The molecule has 2 aromatic carbocycles. The summed E-state index contributed by atoms with van der Waals surface area (Å²) in [7, 11) is 0. The maximum atomic E-state index is 13.0. The summed E-state index contributed by atoms with van der Waals surface area (Å²) in [4.78, 5) is 37.0. The first kappa shape index (κ1) is 43.0. The van der Waals surface area contributed by atoms with Crippen molar-refractivity contribution in [3.8, 4) is 0 Å². The minimum atomic E-state index is -0.0667. The lowest BCUT2D eigenvalue weighted by molar-refractivity contribution is -0.137. The number of rotatable bonds is 4. The zero-order chi connectivity index (χ0) is 40.5. The van der Waals surface area contributed by atoms with E-state index in [-0.39, 0.29) is 23.5 Å². The van der Waals surface area contributed by atoms with Gasteiger partial charge in [-0.2, -0.15) is 0 Å². The van der Waals surface area contributed by atoms with Crippen LogP contribution in [0.4, 0.5) is 0 Å². The number of piperidine rings is 2. The second kappa shape index (κ2) is 19.2. The molecule has 1 saturated carbocycles. The molecule has 58 heavy (non-hydrogen) atoms. The van der Waals surface area contributed by atoms with Crippen LogP contribution in [0.5, 0.6) is 0 Å². The minimum absolute atomic E-state index is 0.0667. The first-order valence-corrected chi connectivity index (χ1v) is 24.7. The van der Waals surface area contributed by atoms with Crippen molar-refractivity contribution in [2.45, 2.75) is 95.3 Å². The summed E-state index contributed by atoms with van der Waals surface area (Å²) in [6, 6.07) is 12.7. The number of aromatic nitrogens is 2. The lowest BCUT2D eigenvalue weighted by Gasteiger charge is -2.37. The molecule has 12 heteroatoms. The number of amides is 1. The number of fused-ring (bicyclic) bond motifs is 4. The molecule has 306 valence electrons. The summed E-state index contributed by atoms with van der Waals surface area (Å²) < 4.78 is 4.25. The number of carbonyl (C=O) groups excluding carboxylic acids is 2. The first-order valence-electron chi connectivity index (χ1n) is 20.8. The van der Waals surface area contributed by atoms with E-state index in [1.807, 2.05) is 29.4 Å². The fourth-order valence-electron chi connectivity index (χ4n) is 10.3. The van der Waals surface area contributed by atoms with E-state index >= 15 is 0 Å². The molecule has 0 radical (unpaired) electrons. The number of benzene rings is 2. The maximum absolute atomic E-state index is 13.0. The van der Waals surface area contributed by atoms with Crippen molar-refractivity contribution in [2.75, 3.05) is 26.2 Å². The highest BCUT2D eigenvalue weighted by Gasteiger charge is 2.38. The molecule has 1 unspecified atom stereocenters. The number of nitrogens with one attached hydrogen (secondary N) is 1. The van der Waals surface area contributed by atoms with Crippen LogP contribution < -0.4 is 5.32 Å². The molecule has 1 N–H and O–H groups in total. The largest absolute Gasteiger partial charge is 0.343 e. The van der Waals surface area contributed by atoms with E-state index in [1.165, 1.54) is 51.9 Å². The van der Waals surface area contributed by atoms with Gasteiger partial charge < -0.3 is 10.2 Å². The number of likely N-dealkylation sites (tertiary alicyclic amines) is 1. The van der Waals surface area contributed by atoms with E-state index in [0.29, 0.717) is 30.6 Å². The molecular weight excluding hydrogens is 1030 g/mol. The van der Waals surface area contributed by atoms with E-state index in [0.717, 1.165) is 118 Å². The Kier molecular flexibility index (Phi) is 14.2. The van der Waals surface area contributed by atoms with Crippen molar-refractivity contribution in [1.29, 1.82) is 0 Å². The number of ketones is 1. The molecule has 9 rings (SSSR count). The van der Waals surface area contributed by atoms with Crippen LogP contribution >= 0.6 is 86.9 Å². The van der Waals surface area contributed by atoms with Crippen LogP contribution in [-0.4, -0.2) is 52.7 Å². The molecule has 5 aliphatic rings. The monoisotopic (exact) mass is 1070 g/mol. The van der Waals surface area contributed by atoms with Crippen LogP contribution in [0, 0.1) is 17.8 Å². The van der Waals surface area contributed by atoms with Crippen LogP contribution in [0.1, 0.15) is 114 Å². The summed E-state index contributed by atoms with van der Waals surface area (Å²) in [5.74, 6) is 1.89. The first-order chi connectivity index (χ1) is 28.0. The molecule has 4 aromatic rings. The molecule has 3 fully saturated rings. The molecule has 2 saturated heterocycles. The third-order valence-corrected chi connectivity index (χ3v) is 15.8. The second-order valence-corrected chi connectivity index (χ2v) is 21.1. The van der Waals surface area contributed by atoms with Gasteiger partial charge in [-0.05, 0) is 191 Å². The zero-order valence-corrected chi connectivity index (χ0v) is 40.3. The van der Waals surface area contributed by atoms with Crippen molar-refractivity contribution in [3.63, 3.8) is 0 Å². The number of nitrogens with zero attached hydrogens (tertiary/aromatic N) is 3. The van der Waals surface area contributed by atoms with Gasteiger partial charge in [0, 0.05) is 84.0 Å². The Balaban J connectivity index is 0.000000172. The zero-order valence-electron chi connectivity index (χ0n) is 32.5. The quantitative estimate of drug-likeness (QED) is 0.220. The van der Waals surface area contributed by atoms with Crippen molar-refractivity contribution in [1.82, 2.24) is 20.2 Å². The van der Waals surface area contributed by atoms with Gasteiger partial charge >= 0.3 is 0 Å². The smallest absolute Gasteiger partial charge is 0.223 e. The number of hydrogen-bond donors (Lipinski definition) is 1. The Morgan fingerprint density at radius 3 is 1.67 bits per heavy atom. The van der Waals surface area contributed by atoms with Crippen LogP contribution in [-0.2, 0) is 35.3 Å². The standard InChI is InChI=1S/C27H29Br2ClN2O2.C19H19Br2ClN2/c28-20-11-19-6-5-18-12-21(30)14-22(29)25(18)26(27(19)31-15-20)16-7-9-32(10-8-16)24(34)13-17-3-1-2-4-23(17)33;20-14-7-13-2-1-12-8-15(22)9-16(21)17(12)18(19(13)24-10-14)11-3-5-23-6-4-11/h11-12,14-17,26H,1-10,13H2;7-11,18,23H,1-6H2/t17?,26-;18-/m11/s1. The topological polar surface area (TPSA) is 75.2 Å². The number of pyridine rings is 2. The van der Waals surface area contributed by atoms with Gasteiger partial charge in [-0.15, -0.1) is 0 Å². The van der Waals surface area contributed by atoms with Gasteiger partial charge in [-0.1, -0.05) is 61.5 Å². The van der Waals surface area contributed by atoms with Gasteiger partial charge in [0.15, 0.2) is 0 Å². The second-order valence-electron chi connectivity index (χ2n) is 16.7. The van der Waals surface area contributed by atoms with E-state index in [9.17, 15) is 9.59 Å². The molecule has 0 spiro atoms. The molecule has 1 amide bonds. The number of carbonyl (C=O) groups is 2. The van der Waals surface area contributed by atoms with Crippen LogP contribution in [0.15, 0.2) is 66.7 Å². The van der Waals surface area contributed by atoms with Gasteiger partial charge in [0.1, 0.15) is 5.78 Å². The van der Waals surface area contributed by atoms with Crippen molar-refractivity contribution < 1.29 is 9.59 Å². The van der Waals surface area contributed by atoms with Crippen LogP contribution in [0.3, 0.4) is 0 Å². The van der Waals surface area contributed by atoms with E-state index in [4.69, 9.17) is 33.2 Å². The highest BCUT2D eigenvalue weighted by Crippen LogP contribution is 2.48. The molecular formula is C46H48Br4Cl2N4O2. The Labute approximate surface area is 385 Å².